The molecule has 1 amide bonds. The lowest BCUT2D eigenvalue weighted by molar-refractivity contribution is -0.146. The maximum atomic E-state index is 12.3. The van der Waals surface area contributed by atoms with Crippen molar-refractivity contribution in [3.8, 4) is 0 Å². The third kappa shape index (κ3) is 3.45. The summed E-state index contributed by atoms with van der Waals surface area (Å²) in [6.07, 6.45) is 5.51. The summed E-state index contributed by atoms with van der Waals surface area (Å²) in [5, 5.41) is 12.2. The summed E-state index contributed by atoms with van der Waals surface area (Å²) in [6.45, 7) is 0.565. The van der Waals surface area contributed by atoms with E-state index < -0.39 is 30.0 Å². The highest BCUT2D eigenvalue weighted by molar-refractivity contribution is 5.87. The molecule has 0 aromatic heterocycles. The second kappa shape index (κ2) is 6.96. The number of hydrogen-bond acceptors (Lipinski definition) is 3. The van der Waals surface area contributed by atoms with Crippen LogP contribution in [0.25, 0.3) is 0 Å². The minimum atomic E-state index is -0.967. The molecule has 5 nitrogen and oxygen atoms in total. The van der Waals surface area contributed by atoms with Crippen LogP contribution in [0.3, 0.4) is 0 Å². The van der Waals surface area contributed by atoms with E-state index in [4.69, 9.17) is 4.74 Å². The molecule has 1 aromatic rings. The number of carboxylic acids is 1. The summed E-state index contributed by atoms with van der Waals surface area (Å²) in [4.78, 5) is 23.6. The molecule has 2 aliphatic heterocycles. The largest absolute Gasteiger partial charge is 0.481 e. The molecule has 1 saturated heterocycles. The summed E-state index contributed by atoms with van der Waals surface area (Å²) >= 11 is 0. The van der Waals surface area contributed by atoms with Crippen molar-refractivity contribution in [1.29, 1.82) is 0 Å². The first-order valence-corrected chi connectivity index (χ1v) is 8.05. The van der Waals surface area contributed by atoms with Crippen LogP contribution in [-0.4, -0.2) is 35.7 Å². The Morgan fingerprint density at radius 1 is 1.04 bits per heavy atom. The van der Waals surface area contributed by atoms with Gasteiger partial charge in [-0.15, -0.1) is 0 Å². The lowest BCUT2D eigenvalue weighted by atomic mass is 9.82. The van der Waals surface area contributed by atoms with E-state index in [-0.39, 0.29) is 5.91 Å². The lowest BCUT2D eigenvalue weighted by Gasteiger charge is -2.20. The number of amides is 1. The van der Waals surface area contributed by atoms with Gasteiger partial charge in [-0.05, 0) is 24.8 Å². The summed E-state index contributed by atoms with van der Waals surface area (Å²) in [6, 6.07) is 10.2. The van der Waals surface area contributed by atoms with Crippen LogP contribution in [0.15, 0.2) is 42.5 Å². The number of benzene rings is 1. The van der Waals surface area contributed by atoms with Crippen LogP contribution in [0.2, 0.25) is 0 Å². The fourth-order valence-corrected chi connectivity index (χ4v) is 3.34. The fraction of sp³-hybridized carbons (Fsp3) is 0.444. The number of ether oxygens (including phenoxy) is 1. The van der Waals surface area contributed by atoms with Gasteiger partial charge in [0.1, 0.15) is 5.92 Å². The van der Waals surface area contributed by atoms with Crippen LogP contribution < -0.4 is 5.32 Å². The minimum absolute atomic E-state index is 0.214. The zero-order valence-corrected chi connectivity index (χ0v) is 12.9. The van der Waals surface area contributed by atoms with E-state index in [0.29, 0.717) is 6.54 Å². The summed E-state index contributed by atoms with van der Waals surface area (Å²) in [5.41, 5.74) is 1.29. The number of carbonyl (C=O) groups excluding carboxylic acids is 1. The number of carboxylic acid groups (broad SMARTS) is 1. The molecule has 5 heteroatoms. The fourth-order valence-electron chi connectivity index (χ4n) is 3.34. The Morgan fingerprint density at radius 3 is 2.43 bits per heavy atom. The SMILES string of the molecule is O=C(O)C1C2C=CC(O2)C1C(=O)NCCCCc1ccccc1. The average molecular weight is 315 g/mol. The maximum Gasteiger partial charge on any atom is 0.310 e. The molecule has 2 aliphatic rings. The van der Waals surface area contributed by atoms with Crippen molar-refractivity contribution in [1.82, 2.24) is 5.32 Å². The molecule has 122 valence electrons. The number of fused-ring (bicyclic) bond motifs is 2. The van der Waals surface area contributed by atoms with E-state index in [1.54, 1.807) is 12.2 Å². The molecule has 1 fully saturated rings. The van der Waals surface area contributed by atoms with Crippen molar-refractivity contribution in [2.45, 2.75) is 31.5 Å². The highest BCUT2D eigenvalue weighted by Gasteiger charge is 2.53. The molecule has 2 heterocycles. The van der Waals surface area contributed by atoms with Gasteiger partial charge in [0.2, 0.25) is 5.91 Å². The molecule has 3 rings (SSSR count). The zero-order valence-electron chi connectivity index (χ0n) is 12.9. The van der Waals surface area contributed by atoms with Crippen LogP contribution in [0.5, 0.6) is 0 Å². The van der Waals surface area contributed by atoms with E-state index in [9.17, 15) is 14.7 Å². The Hall–Kier alpha value is -2.14. The van der Waals surface area contributed by atoms with Gasteiger partial charge < -0.3 is 15.2 Å². The third-order valence-electron chi connectivity index (χ3n) is 4.52. The predicted molar refractivity (Wildman–Crippen MR) is 84.8 cm³/mol. The molecule has 1 aromatic carbocycles. The van der Waals surface area contributed by atoms with Crippen LogP contribution in [0.1, 0.15) is 18.4 Å². The molecule has 4 atom stereocenters. The first-order chi connectivity index (χ1) is 11.2. The molecule has 0 saturated carbocycles. The van der Waals surface area contributed by atoms with Gasteiger partial charge in [0, 0.05) is 6.54 Å². The van der Waals surface area contributed by atoms with Crippen molar-refractivity contribution in [3.63, 3.8) is 0 Å². The first-order valence-electron chi connectivity index (χ1n) is 8.05. The number of hydrogen-bond donors (Lipinski definition) is 2. The Morgan fingerprint density at radius 2 is 1.74 bits per heavy atom. The predicted octanol–water partition coefficient (Wildman–Crippen LogP) is 1.78. The highest BCUT2D eigenvalue weighted by Crippen LogP contribution is 2.39. The van der Waals surface area contributed by atoms with Gasteiger partial charge in [0.05, 0.1) is 18.1 Å². The molecule has 0 radical (unpaired) electrons. The number of aliphatic carboxylic acids is 1. The van der Waals surface area contributed by atoms with Gasteiger partial charge in [-0.1, -0.05) is 42.5 Å². The van der Waals surface area contributed by atoms with Gasteiger partial charge in [-0.3, -0.25) is 9.59 Å². The summed E-state index contributed by atoms with van der Waals surface area (Å²) in [5.74, 6) is -2.56. The number of nitrogens with one attached hydrogen (secondary N) is 1. The number of aryl methyl sites for hydroxylation is 1. The van der Waals surface area contributed by atoms with Crippen LogP contribution in [0, 0.1) is 11.8 Å². The topological polar surface area (TPSA) is 75.6 Å². The quantitative estimate of drug-likeness (QED) is 0.594. The van der Waals surface area contributed by atoms with E-state index in [0.717, 1.165) is 19.3 Å². The lowest BCUT2D eigenvalue weighted by Crippen LogP contribution is -2.42. The second-order valence-electron chi connectivity index (χ2n) is 6.07. The summed E-state index contributed by atoms with van der Waals surface area (Å²) in [7, 11) is 0. The van der Waals surface area contributed by atoms with Crippen LogP contribution >= 0.6 is 0 Å². The minimum Gasteiger partial charge on any atom is -0.481 e. The smallest absolute Gasteiger partial charge is 0.310 e. The normalized spacial score (nSPS) is 28.0. The number of carbonyl (C=O) groups is 2. The second-order valence-corrected chi connectivity index (χ2v) is 6.07. The molecule has 2 bridgehead atoms. The third-order valence-corrected chi connectivity index (χ3v) is 4.52. The van der Waals surface area contributed by atoms with Gasteiger partial charge in [-0.25, -0.2) is 0 Å². The van der Waals surface area contributed by atoms with Gasteiger partial charge in [0.25, 0.3) is 0 Å². The Bertz CT molecular complexity index is 598. The van der Waals surface area contributed by atoms with Crippen molar-refractivity contribution in [2.75, 3.05) is 6.54 Å². The van der Waals surface area contributed by atoms with Crippen molar-refractivity contribution >= 4 is 11.9 Å². The van der Waals surface area contributed by atoms with Crippen LogP contribution in [-0.2, 0) is 20.7 Å². The first kappa shape index (κ1) is 15.7. The molecule has 2 N–H and O–H groups in total. The Labute approximate surface area is 135 Å². The molecule has 23 heavy (non-hydrogen) atoms. The van der Waals surface area contributed by atoms with Crippen molar-refractivity contribution in [3.05, 3.63) is 48.0 Å². The summed E-state index contributed by atoms with van der Waals surface area (Å²) < 4.78 is 5.51. The molecule has 4 unspecified atom stereocenters. The Balaban J connectivity index is 1.43. The molecular weight excluding hydrogens is 294 g/mol. The van der Waals surface area contributed by atoms with Gasteiger partial charge in [0.15, 0.2) is 0 Å². The van der Waals surface area contributed by atoms with Gasteiger partial charge >= 0.3 is 5.97 Å². The van der Waals surface area contributed by atoms with E-state index >= 15 is 0 Å². The van der Waals surface area contributed by atoms with Crippen molar-refractivity contribution < 1.29 is 19.4 Å². The van der Waals surface area contributed by atoms with E-state index in [2.05, 4.69) is 17.4 Å². The molecule has 0 spiro atoms. The highest BCUT2D eigenvalue weighted by atomic mass is 16.5. The van der Waals surface area contributed by atoms with Crippen molar-refractivity contribution in [2.24, 2.45) is 11.8 Å². The molecular formula is C18H21NO4. The monoisotopic (exact) mass is 315 g/mol. The van der Waals surface area contributed by atoms with Gasteiger partial charge in [-0.2, -0.15) is 0 Å². The average Bonchev–Trinajstić information content (AvgIpc) is 3.16. The van der Waals surface area contributed by atoms with E-state index in [1.165, 1.54) is 5.56 Å². The van der Waals surface area contributed by atoms with Crippen LogP contribution in [0.4, 0.5) is 0 Å². The number of rotatable bonds is 7. The zero-order chi connectivity index (χ0) is 16.2. The van der Waals surface area contributed by atoms with E-state index in [1.807, 2.05) is 18.2 Å². The standard InChI is InChI=1S/C18H21NO4/c20-17(15-13-9-10-14(23-13)16(15)18(21)22)19-11-5-4-8-12-6-2-1-3-7-12/h1-3,6-7,9-10,13-16H,4-5,8,11H2,(H,19,20)(H,21,22). The Kier molecular flexibility index (Phi) is 4.76. The number of unbranched alkanes of at least 4 members (excludes halogenated alkanes) is 1. The maximum absolute atomic E-state index is 12.3. The molecule has 0 aliphatic carbocycles.